The highest BCUT2D eigenvalue weighted by Gasteiger charge is 2.17. The third-order valence-electron chi connectivity index (χ3n) is 3.80. The number of amides is 1. The lowest BCUT2D eigenvalue weighted by Gasteiger charge is -2.08. The molecule has 0 aliphatic rings. The van der Waals surface area contributed by atoms with Crippen LogP contribution in [-0.4, -0.2) is 29.2 Å². The van der Waals surface area contributed by atoms with Crippen molar-refractivity contribution in [2.24, 2.45) is 5.73 Å². The van der Waals surface area contributed by atoms with Gasteiger partial charge in [-0.2, -0.15) is 0 Å². The van der Waals surface area contributed by atoms with Gasteiger partial charge in [0.15, 0.2) is 0 Å². The van der Waals surface area contributed by atoms with Crippen molar-refractivity contribution in [2.75, 3.05) is 13.7 Å². The van der Waals surface area contributed by atoms with Gasteiger partial charge in [0.05, 0.1) is 30.2 Å². The molecule has 2 heterocycles. The number of nitrogens with zero attached hydrogens (tertiary/aromatic N) is 2. The number of benzene rings is 1. The molecule has 0 saturated carbocycles. The molecule has 7 nitrogen and oxygen atoms in total. The lowest BCUT2D eigenvalue weighted by atomic mass is 10.2. The highest BCUT2D eigenvalue weighted by Crippen LogP contribution is 2.26. The Morgan fingerprint density at radius 3 is 2.60 bits per heavy atom. The summed E-state index contributed by atoms with van der Waals surface area (Å²) in [4.78, 5) is 29.2. The maximum Gasteiger partial charge on any atom is 0.262 e. The van der Waals surface area contributed by atoms with Crippen molar-refractivity contribution in [3.8, 4) is 11.5 Å². The van der Waals surface area contributed by atoms with Crippen LogP contribution in [0.2, 0.25) is 0 Å². The Balaban J connectivity index is 1.77. The summed E-state index contributed by atoms with van der Waals surface area (Å²) in [5.41, 5.74) is 5.71. The Kier molecular flexibility index (Phi) is 4.71. The molecular formula is C17H17N3O4S. The standard InChI is InChI=1S/C17H17N3O4S/c1-10-13-16(25-14(10)15(18)21)19-9-20(17(13)22)7-8-24-12-5-3-11(23-2)4-6-12/h3-6,9H,7-8H2,1-2H3,(H2,18,21). The van der Waals surface area contributed by atoms with Gasteiger partial charge in [-0.3, -0.25) is 14.2 Å². The SMILES string of the molecule is COc1ccc(OCCn2cnc3sc(C(N)=O)c(C)c3c2=O)cc1. The number of methoxy groups -OCH3 is 1. The molecule has 0 radical (unpaired) electrons. The van der Waals surface area contributed by atoms with E-state index >= 15 is 0 Å². The molecule has 0 atom stereocenters. The summed E-state index contributed by atoms with van der Waals surface area (Å²) in [6.45, 7) is 2.36. The van der Waals surface area contributed by atoms with Crippen molar-refractivity contribution in [1.82, 2.24) is 9.55 Å². The summed E-state index contributed by atoms with van der Waals surface area (Å²) in [7, 11) is 1.60. The van der Waals surface area contributed by atoms with Gasteiger partial charge in [-0.15, -0.1) is 11.3 Å². The van der Waals surface area contributed by atoms with Crippen LogP contribution in [0.5, 0.6) is 11.5 Å². The predicted octanol–water partition coefficient (Wildman–Crippen LogP) is 1.95. The average Bonchev–Trinajstić information content (AvgIpc) is 2.95. The van der Waals surface area contributed by atoms with Crippen molar-refractivity contribution in [3.05, 3.63) is 51.4 Å². The van der Waals surface area contributed by atoms with Gasteiger partial charge in [0.2, 0.25) is 0 Å². The van der Waals surface area contributed by atoms with Crippen molar-refractivity contribution in [2.45, 2.75) is 13.5 Å². The van der Waals surface area contributed by atoms with Gasteiger partial charge in [0, 0.05) is 0 Å². The number of aromatic nitrogens is 2. The summed E-state index contributed by atoms with van der Waals surface area (Å²) in [6, 6.07) is 7.20. The van der Waals surface area contributed by atoms with Gasteiger partial charge in [-0.25, -0.2) is 4.98 Å². The number of nitrogens with two attached hydrogens (primary N) is 1. The molecule has 3 aromatic rings. The predicted molar refractivity (Wildman–Crippen MR) is 95.6 cm³/mol. The van der Waals surface area contributed by atoms with Crippen molar-refractivity contribution in [3.63, 3.8) is 0 Å². The van der Waals surface area contributed by atoms with Gasteiger partial charge >= 0.3 is 0 Å². The van der Waals surface area contributed by atoms with E-state index in [2.05, 4.69) is 4.98 Å². The number of hydrogen-bond acceptors (Lipinski definition) is 6. The average molecular weight is 359 g/mol. The van der Waals surface area contributed by atoms with Gasteiger partial charge < -0.3 is 15.2 Å². The van der Waals surface area contributed by atoms with E-state index in [4.69, 9.17) is 15.2 Å². The van der Waals surface area contributed by atoms with Crippen LogP contribution in [0.3, 0.4) is 0 Å². The van der Waals surface area contributed by atoms with Crippen LogP contribution < -0.4 is 20.8 Å². The number of carbonyl (C=O) groups excluding carboxylic acids is 1. The van der Waals surface area contributed by atoms with E-state index in [0.717, 1.165) is 17.1 Å². The molecule has 0 unspecified atom stereocenters. The molecular weight excluding hydrogens is 342 g/mol. The van der Waals surface area contributed by atoms with Gasteiger partial charge in [-0.05, 0) is 36.8 Å². The molecule has 8 heteroatoms. The maximum atomic E-state index is 12.6. The molecule has 0 aliphatic heterocycles. The summed E-state index contributed by atoms with van der Waals surface area (Å²) >= 11 is 1.14. The van der Waals surface area contributed by atoms with Gasteiger partial charge in [0.25, 0.3) is 11.5 Å². The third kappa shape index (κ3) is 3.34. The van der Waals surface area contributed by atoms with Crippen LogP contribution in [0, 0.1) is 6.92 Å². The van der Waals surface area contributed by atoms with E-state index in [1.54, 1.807) is 38.3 Å². The minimum atomic E-state index is -0.547. The van der Waals surface area contributed by atoms with Crippen LogP contribution in [0.15, 0.2) is 35.4 Å². The Morgan fingerprint density at radius 2 is 1.96 bits per heavy atom. The Bertz CT molecular complexity index is 976. The van der Waals surface area contributed by atoms with Crippen molar-refractivity contribution in [1.29, 1.82) is 0 Å². The maximum absolute atomic E-state index is 12.6. The summed E-state index contributed by atoms with van der Waals surface area (Å²) in [6.07, 6.45) is 1.46. The smallest absolute Gasteiger partial charge is 0.262 e. The minimum absolute atomic E-state index is 0.204. The molecule has 25 heavy (non-hydrogen) atoms. The number of hydrogen-bond donors (Lipinski definition) is 1. The lowest BCUT2D eigenvalue weighted by molar-refractivity contribution is 0.100. The number of ether oxygens (including phenoxy) is 2. The van der Waals surface area contributed by atoms with Crippen molar-refractivity contribution >= 4 is 27.5 Å². The quantitative estimate of drug-likeness (QED) is 0.726. The third-order valence-corrected chi connectivity index (χ3v) is 5.02. The van der Waals surface area contributed by atoms with E-state index in [1.807, 2.05) is 0 Å². The van der Waals surface area contributed by atoms with Crippen LogP contribution >= 0.6 is 11.3 Å². The first-order chi connectivity index (χ1) is 12.0. The first-order valence-corrected chi connectivity index (χ1v) is 8.38. The number of carbonyl (C=O) groups is 1. The number of aryl methyl sites for hydroxylation is 1. The molecule has 1 amide bonds. The zero-order valence-electron chi connectivity index (χ0n) is 13.8. The monoisotopic (exact) mass is 359 g/mol. The first-order valence-electron chi connectivity index (χ1n) is 7.56. The van der Waals surface area contributed by atoms with E-state index in [0.29, 0.717) is 39.6 Å². The Morgan fingerprint density at radius 1 is 1.28 bits per heavy atom. The highest BCUT2D eigenvalue weighted by molar-refractivity contribution is 7.20. The van der Waals surface area contributed by atoms with Crippen molar-refractivity contribution < 1.29 is 14.3 Å². The lowest BCUT2D eigenvalue weighted by Crippen LogP contribution is -2.23. The second-order valence-corrected chi connectivity index (χ2v) is 6.37. The van der Waals surface area contributed by atoms with E-state index < -0.39 is 5.91 Å². The molecule has 0 spiro atoms. The molecule has 1 aromatic carbocycles. The summed E-state index contributed by atoms with van der Waals surface area (Å²) in [5, 5.41) is 0.436. The van der Waals surface area contributed by atoms with Crippen LogP contribution in [0.25, 0.3) is 10.2 Å². The zero-order valence-corrected chi connectivity index (χ0v) is 14.6. The fraction of sp³-hybridized carbons (Fsp3) is 0.235. The van der Waals surface area contributed by atoms with Crippen LogP contribution in [-0.2, 0) is 6.54 Å². The molecule has 2 aromatic heterocycles. The molecule has 0 fully saturated rings. The van der Waals surface area contributed by atoms with E-state index in [9.17, 15) is 9.59 Å². The summed E-state index contributed by atoms with van der Waals surface area (Å²) < 4.78 is 12.2. The fourth-order valence-electron chi connectivity index (χ4n) is 2.49. The molecule has 0 saturated heterocycles. The second-order valence-electron chi connectivity index (χ2n) is 5.37. The van der Waals surface area contributed by atoms with E-state index in [1.165, 1.54) is 10.9 Å². The molecule has 3 rings (SSSR count). The second kappa shape index (κ2) is 6.94. The number of rotatable bonds is 6. The Labute approximate surface area is 147 Å². The van der Waals surface area contributed by atoms with Crippen LogP contribution in [0.4, 0.5) is 0 Å². The molecule has 130 valence electrons. The van der Waals surface area contributed by atoms with Gasteiger partial charge in [0.1, 0.15) is 22.9 Å². The fourth-order valence-corrected chi connectivity index (χ4v) is 3.48. The first kappa shape index (κ1) is 17.0. The molecule has 0 aliphatic carbocycles. The highest BCUT2D eigenvalue weighted by atomic mass is 32.1. The minimum Gasteiger partial charge on any atom is -0.497 e. The molecule has 2 N–H and O–H groups in total. The number of fused-ring (bicyclic) bond motifs is 1. The largest absolute Gasteiger partial charge is 0.497 e. The van der Waals surface area contributed by atoms with E-state index in [-0.39, 0.29) is 5.56 Å². The van der Waals surface area contributed by atoms with Gasteiger partial charge in [-0.1, -0.05) is 0 Å². The zero-order chi connectivity index (χ0) is 18.0. The molecule has 0 bridgehead atoms. The number of primary amides is 1. The summed E-state index contributed by atoms with van der Waals surface area (Å²) in [5.74, 6) is 0.885. The van der Waals surface area contributed by atoms with Crippen LogP contribution in [0.1, 0.15) is 15.2 Å². The topological polar surface area (TPSA) is 96.4 Å². The number of thiophene rings is 1. The normalized spacial score (nSPS) is 10.8. The Hall–Kier alpha value is -2.87.